The van der Waals surface area contributed by atoms with Crippen molar-refractivity contribution in [1.29, 1.82) is 0 Å². The van der Waals surface area contributed by atoms with Crippen molar-refractivity contribution in [2.75, 3.05) is 0 Å². The quantitative estimate of drug-likeness (QED) is 0.768. The number of hydrogen-bond donors (Lipinski definition) is 1. The third-order valence-electron chi connectivity index (χ3n) is 3.89. The van der Waals surface area contributed by atoms with Crippen molar-refractivity contribution in [1.82, 2.24) is 0 Å². The fraction of sp³-hybridized carbons (Fsp3) is 0.571. The van der Waals surface area contributed by atoms with E-state index in [9.17, 15) is 17.6 Å². The molecule has 3 atom stereocenters. The lowest BCUT2D eigenvalue weighted by Gasteiger charge is -2.33. The van der Waals surface area contributed by atoms with Crippen LogP contribution < -0.4 is 5.73 Å². The summed E-state index contributed by atoms with van der Waals surface area (Å²) in [6.07, 6.45) is -2.01. The second-order valence-electron chi connectivity index (χ2n) is 5.43. The van der Waals surface area contributed by atoms with Crippen molar-refractivity contribution in [2.45, 2.75) is 44.3 Å². The van der Waals surface area contributed by atoms with Crippen molar-refractivity contribution >= 4 is 0 Å². The van der Waals surface area contributed by atoms with Gasteiger partial charge in [0, 0.05) is 6.04 Å². The van der Waals surface area contributed by atoms with Gasteiger partial charge in [0.25, 0.3) is 0 Å². The highest BCUT2D eigenvalue weighted by Gasteiger charge is 2.35. The molecule has 1 aromatic carbocycles. The second-order valence-corrected chi connectivity index (χ2v) is 5.43. The Morgan fingerprint density at radius 2 is 1.89 bits per heavy atom. The lowest BCUT2D eigenvalue weighted by molar-refractivity contribution is -0.140. The maximum Gasteiger partial charge on any atom is 0.419 e. The number of benzene rings is 1. The molecule has 1 aromatic rings. The van der Waals surface area contributed by atoms with E-state index in [0.29, 0.717) is 11.5 Å². The Hall–Kier alpha value is -1.10. The summed E-state index contributed by atoms with van der Waals surface area (Å²) in [5.41, 5.74) is 5.36. The maximum absolute atomic E-state index is 13.6. The van der Waals surface area contributed by atoms with E-state index < -0.39 is 17.6 Å². The number of alkyl halides is 3. The lowest BCUT2D eigenvalue weighted by Crippen LogP contribution is -2.34. The van der Waals surface area contributed by atoms with E-state index in [4.69, 9.17) is 5.73 Å². The van der Waals surface area contributed by atoms with Crippen molar-refractivity contribution in [2.24, 2.45) is 11.7 Å². The summed E-state index contributed by atoms with van der Waals surface area (Å²) < 4.78 is 51.1. The van der Waals surface area contributed by atoms with Crippen molar-refractivity contribution < 1.29 is 17.6 Å². The number of nitrogens with two attached hydrogens (primary N) is 1. The van der Waals surface area contributed by atoms with Crippen molar-refractivity contribution in [3.05, 3.63) is 35.1 Å². The zero-order chi connectivity index (χ0) is 14.2. The monoisotopic (exact) mass is 275 g/mol. The summed E-state index contributed by atoms with van der Waals surface area (Å²) in [4.78, 5) is 0. The van der Waals surface area contributed by atoms with Gasteiger partial charge in [-0.05, 0) is 48.8 Å². The first-order chi connectivity index (χ1) is 8.79. The zero-order valence-electron chi connectivity index (χ0n) is 10.7. The van der Waals surface area contributed by atoms with Crippen molar-refractivity contribution in [3.63, 3.8) is 0 Å². The van der Waals surface area contributed by atoms with Crippen LogP contribution in [0.4, 0.5) is 17.6 Å². The number of hydrogen-bond acceptors (Lipinski definition) is 1. The molecule has 0 saturated heterocycles. The third-order valence-corrected chi connectivity index (χ3v) is 3.89. The summed E-state index contributed by atoms with van der Waals surface area (Å²) in [6, 6.07) is 3.06. The topological polar surface area (TPSA) is 26.0 Å². The molecule has 106 valence electrons. The Balaban J connectivity index is 2.29. The van der Waals surface area contributed by atoms with Gasteiger partial charge in [0.15, 0.2) is 0 Å². The first-order valence-electron chi connectivity index (χ1n) is 6.41. The van der Waals surface area contributed by atoms with E-state index in [1.54, 1.807) is 0 Å². The largest absolute Gasteiger partial charge is 0.419 e. The van der Waals surface area contributed by atoms with Crippen LogP contribution in [0.2, 0.25) is 0 Å². The van der Waals surface area contributed by atoms with Gasteiger partial charge in [-0.15, -0.1) is 0 Å². The molecular formula is C14H17F4N. The van der Waals surface area contributed by atoms with E-state index in [0.717, 1.165) is 31.4 Å². The number of halogens is 4. The molecule has 0 bridgehead atoms. The SMILES string of the molecule is CC1CCC(N)C(c2ccc(C(F)(F)F)c(F)c2)C1. The highest BCUT2D eigenvalue weighted by atomic mass is 19.4. The van der Waals surface area contributed by atoms with Crippen LogP contribution >= 0.6 is 0 Å². The van der Waals surface area contributed by atoms with Crippen LogP contribution in [0.3, 0.4) is 0 Å². The highest BCUT2D eigenvalue weighted by Crippen LogP contribution is 2.38. The Kier molecular flexibility index (Phi) is 3.85. The molecule has 1 aliphatic rings. The molecule has 0 spiro atoms. The fourth-order valence-corrected chi connectivity index (χ4v) is 2.78. The van der Waals surface area contributed by atoms with Crippen LogP contribution in [-0.2, 0) is 6.18 Å². The van der Waals surface area contributed by atoms with Gasteiger partial charge >= 0.3 is 6.18 Å². The molecule has 1 saturated carbocycles. The molecule has 0 aromatic heterocycles. The van der Waals surface area contributed by atoms with Gasteiger partial charge in [0.05, 0.1) is 5.56 Å². The average molecular weight is 275 g/mol. The van der Waals surface area contributed by atoms with Crippen LogP contribution in [0, 0.1) is 11.7 Å². The standard InChI is InChI=1S/C14H17F4N/c1-8-2-5-13(19)10(6-8)9-3-4-11(12(15)7-9)14(16,17)18/h3-4,7-8,10,13H,2,5-6,19H2,1H3. The van der Waals surface area contributed by atoms with E-state index in [-0.39, 0.29) is 12.0 Å². The summed E-state index contributed by atoms with van der Waals surface area (Å²) in [6.45, 7) is 2.08. The molecule has 0 amide bonds. The first kappa shape index (κ1) is 14.3. The normalized spacial score (nSPS) is 28.4. The molecule has 1 nitrogen and oxygen atoms in total. The number of rotatable bonds is 1. The zero-order valence-corrected chi connectivity index (χ0v) is 10.7. The molecule has 0 aliphatic heterocycles. The highest BCUT2D eigenvalue weighted by molar-refractivity contribution is 5.30. The maximum atomic E-state index is 13.6. The van der Waals surface area contributed by atoms with Crippen molar-refractivity contribution in [3.8, 4) is 0 Å². The molecule has 2 rings (SSSR count). The molecular weight excluding hydrogens is 258 g/mol. The van der Waals surface area contributed by atoms with Crippen LogP contribution in [0.15, 0.2) is 18.2 Å². The Morgan fingerprint density at radius 1 is 1.21 bits per heavy atom. The smallest absolute Gasteiger partial charge is 0.327 e. The Labute approximate surface area is 109 Å². The van der Waals surface area contributed by atoms with E-state index in [1.807, 2.05) is 0 Å². The van der Waals surface area contributed by atoms with Crippen LogP contribution in [-0.4, -0.2) is 6.04 Å². The summed E-state index contributed by atoms with van der Waals surface area (Å²) in [7, 11) is 0. The first-order valence-corrected chi connectivity index (χ1v) is 6.41. The molecule has 3 unspecified atom stereocenters. The minimum atomic E-state index is -4.65. The molecule has 1 fully saturated rings. The molecule has 2 N–H and O–H groups in total. The van der Waals surface area contributed by atoms with Gasteiger partial charge in [-0.2, -0.15) is 13.2 Å². The molecule has 19 heavy (non-hydrogen) atoms. The van der Waals surface area contributed by atoms with Gasteiger partial charge in [-0.25, -0.2) is 4.39 Å². The van der Waals surface area contributed by atoms with E-state index in [1.165, 1.54) is 6.07 Å². The predicted octanol–water partition coefficient (Wildman–Crippen LogP) is 4.08. The van der Waals surface area contributed by atoms with Gasteiger partial charge in [-0.3, -0.25) is 0 Å². The molecule has 5 heteroatoms. The molecule has 0 heterocycles. The van der Waals surface area contributed by atoms with Crippen LogP contribution in [0.5, 0.6) is 0 Å². The second kappa shape index (κ2) is 5.12. The van der Waals surface area contributed by atoms with Crippen LogP contribution in [0.1, 0.15) is 43.2 Å². The lowest BCUT2D eigenvalue weighted by atomic mass is 9.75. The van der Waals surface area contributed by atoms with Gasteiger partial charge < -0.3 is 5.73 Å². The van der Waals surface area contributed by atoms with Gasteiger partial charge in [0.1, 0.15) is 5.82 Å². The Morgan fingerprint density at radius 3 is 2.47 bits per heavy atom. The summed E-state index contributed by atoms with van der Waals surface area (Å²) in [5.74, 6) is -0.800. The summed E-state index contributed by atoms with van der Waals surface area (Å²) >= 11 is 0. The molecule has 0 radical (unpaired) electrons. The van der Waals surface area contributed by atoms with E-state index in [2.05, 4.69) is 6.92 Å². The average Bonchev–Trinajstić information content (AvgIpc) is 2.30. The minimum Gasteiger partial charge on any atom is -0.327 e. The minimum absolute atomic E-state index is 0.0551. The fourth-order valence-electron chi connectivity index (χ4n) is 2.78. The van der Waals surface area contributed by atoms with Crippen LogP contribution in [0.25, 0.3) is 0 Å². The summed E-state index contributed by atoms with van der Waals surface area (Å²) in [5, 5.41) is 0. The third kappa shape index (κ3) is 3.08. The Bertz CT molecular complexity index is 455. The van der Waals surface area contributed by atoms with Gasteiger partial charge in [-0.1, -0.05) is 13.0 Å². The predicted molar refractivity (Wildman–Crippen MR) is 65.1 cm³/mol. The van der Waals surface area contributed by atoms with Gasteiger partial charge in [0.2, 0.25) is 0 Å². The molecule has 1 aliphatic carbocycles. The van der Waals surface area contributed by atoms with E-state index >= 15 is 0 Å².